The van der Waals surface area contributed by atoms with E-state index in [-0.39, 0.29) is 5.91 Å². The molecule has 1 fully saturated rings. The van der Waals surface area contributed by atoms with Gasteiger partial charge in [-0.1, -0.05) is 6.92 Å². The molecule has 0 radical (unpaired) electrons. The molecule has 1 atom stereocenters. The van der Waals surface area contributed by atoms with Crippen molar-refractivity contribution in [3.63, 3.8) is 0 Å². The van der Waals surface area contributed by atoms with Gasteiger partial charge < -0.3 is 5.32 Å². The molecule has 0 saturated carbocycles. The molecule has 1 N–H and O–H groups in total. The molecule has 5 heteroatoms. The lowest BCUT2D eigenvalue weighted by molar-refractivity contribution is -0.117. The minimum absolute atomic E-state index is 0.0482. The van der Waals surface area contributed by atoms with Gasteiger partial charge in [-0.25, -0.2) is 0 Å². The third kappa shape index (κ3) is 3.32. The van der Waals surface area contributed by atoms with Crippen LogP contribution in [0, 0.1) is 12.8 Å². The highest BCUT2D eigenvalue weighted by Crippen LogP contribution is 2.15. The van der Waals surface area contributed by atoms with Crippen LogP contribution < -0.4 is 5.32 Å². The molecule has 2 rings (SSSR count). The van der Waals surface area contributed by atoms with Crippen molar-refractivity contribution in [2.75, 3.05) is 25.0 Å². The van der Waals surface area contributed by atoms with E-state index in [1.165, 1.54) is 12.8 Å². The second-order valence-corrected chi connectivity index (χ2v) is 5.33. The normalized spacial score (nSPS) is 20.9. The number of carbonyl (C=O) groups excluding carboxylic acids is 1. The number of hydrogen-bond acceptors (Lipinski definition) is 3. The van der Waals surface area contributed by atoms with Crippen molar-refractivity contribution in [3.8, 4) is 0 Å². The first-order chi connectivity index (χ1) is 8.54. The molecule has 1 saturated heterocycles. The maximum Gasteiger partial charge on any atom is 0.239 e. The Morgan fingerprint density at radius 2 is 2.39 bits per heavy atom. The number of piperidine rings is 1. The molecule has 1 aromatic rings. The maximum atomic E-state index is 12.0. The van der Waals surface area contributed by atoms with Crippen molar-refractivity contribution in [2.24, 2.45) is 13.0 Å². The van der Waals surface area contributed by atoms with Crippen molar-refractivity contribution in [2.45, 2.75) is 26.7 Å². The van der Waals surface area contributed by atoms with Gasteiger partial charge in [0.05, 0.1) is 12.2 Å². The topological polar surface area (TPSA) is 50.2 Å². The number of aromatic nitrogens is 2. The molecule has 1 aromatic heterocycles. The molecular formula is C13H22N4O. The Morgan fingerprint density at radius 1 is 1.61 bits per heavy atom. The van der Waals surface area contributed by atoms with E-state index < -0.39 is 0 Å². The molecule has 0 aliphatic carbocycles. The van der Waals surface area contributed by atoms with Gasteiger partial charge in [-0.05, 0) is 32.2 Å². The standard InChI is InChI=1S/C13H22N4O/c1-10-5-4-6-17(8-10)9-13(18)14-12-7-11(2)15-16(12)3/h7,10H,4-6,8-9H2,1-3H3,(H,14,18)/t10-/m1/s1. The van der Waals surface area contributed by atoms with Gasteiger partial charge in [0, 0.05) is 19.7 Å². The summed E-state index contributed by atoms with van der Waals surface area (Å²) in [5.41, 5.74) is 0.916. The quantitative estimate of drug-likeness (QED) is 0.882. The van der Waals surface area contributed by atoms with Crippen LogP contribution in [0.15, 0.2) is 6.07 Å². The summed E-state index contributed by atoms with van der Waals surface area (Å²) >= 11 is 0. The molecule has 5 nitrogen and oxygen atoms in total. The summed E-state index contributed by atoms with van der Waals surface area (Å²) in [6.07, 6.45) is 2.47. The molecule has 0 aromatic carbocycles. The second kappa shape index (κ2) is 5.52. The van der Waals surface area contributed by atoms with Gasteiger partial charge in [-0.3, -0.25) is 14.4 Å². The number of amides is 1. The van der Waals surface area contributed by atoms with Crippen LogP contribution in [0.5, 0.6) is 0 Å². The first-order valence-electron chi connectivity index (χ1n) is 6.57. The smallest absolute Gasteiger partial charge is 0.239 e. The van der Waals surface area contributed by atoms with Gasteiger partial charge >= 0.3 is 0 Å². The molecule has 0 spiro atoms. The Morgan fingerprint density at radius 3 is 3.00 bits per heavy atom. The van der Waals surface area contributed by atoms with E-state index in [4.69, 9.17) is 0 Å². The third-order valence-electron chi connectivity index (χ3n) is 3.38. The minimum Gasteiger partial charge on any atom is -0.310 e. The molecule has 1 amide bonds. The summed E-state index contributed by atoms with van der Waals surface area (Å²) in [5.74, 6) is 1.51. The van der Waals surface area contributed by atoms with Gasteiger partial charge in [0.25, 0.3) is 0 Å². The van der Waals surface area contributed by atoms with Crippen LogP contribution in [0.25, 0.3) is 0 Å². The predicted octanol–water partition coefficient (Wildman–Crippen LogP) is 1.40. The fourth-order valence-electron chi connectivity index (χ4n) is 2.54. The van der Waals surface area contributed by atoms with Gasteiger partial charge in [-0.15, -0.1) is 0 Å². The Hall–Kier alpha value is -1.36. The molecule has 1 aliphatic heterocycles. The molecule has 0 unspecified atom stereocenters. The van der Waals surface area contributed by atoms with Crippen LogP contribution in [0.4, 0.5) is 5.82 Å². The Labute approximate surface area is 108 Å². The van der Waals surface area contributed by atoms with Crippen molar-refractivity contribution in [3.05, 3.63) is 11.8 Å². The van der Waals surface area contributed by atoms with Crippen LogP contribution in [0.2, 0.25) is 0 Å². The van der Waals surface area contributed by atoms with E-state index >= 15 is 0 Å². The average molecular weight is 250 g/mol. The van der Waals surface area contributed by atoms with Gasteiger partial charge in [0.2, 0.25) is 5.91 Å². The zero-order valence-electron chi connectivity index (χ0n) is 11.4. The Kier molecular flexibility index (Phi) is 4.01. The summed E-state index contributed by atoms with van der Waals surface area (Å²) in [7, 11) is 1.84. The molecule has 2 heterocycles. The zero-order valence-corrected chi connectivity index (χ0v) is 11.4. The SMILES string of the molecule is Cc1cc(NC(=O)CN2CCC[C@@H](C)C2)n(C)n1. The van der Waals surface area contributed by atoms with E-state index in [1.807, 2.05) is 20.0 Å². The molecule has 0 bridgehead atoms. The number of hydrogen-bond donors (Lipinski definition) is 1. The highest BCUT2D eigenvalue weighted by atomic mass is 16.2. The summed E-state index contributed by atoms with van der Waals surface area (Å²) in [6, 6.07) is 1.89. The predicted molar refractivity (Wildman–Crippen MR) is 71.4 cm³/mol. The van der Waals surface area contributed by atoms with Crippen LogP contribution in [-0.2, 0) is 11.8 Å². The van der Waals surface area contributed by atoms with Crippen molar-refractivity contribution in [1.29, 1.82) is 0 Å². The average Bonchev–Trinajstić information content (AvgIpc) is 2.57. The molecular weight excluding hydrogens is 228 g/mol. The molecule has 100 valence electrons. The van der Waals surface area contributed by atoms with E-state index in [1.54, 1.807) is 4.68 Å². The van der Waals surface area contributed by atoms with Crippen LogP contribution >= 0.6 is 0 Å². The minimum atomic E-state index is 0.0482. The maximum absolute atomic E-state index is 12.0. The molecule has 1 aliphatic rings. The van der Waals surface area contributed by atoms with Crippen molar-refractivity contribution >= 4 is 11.7 Å². The summed E-state index contributed by atoms with van der Waals surface area (Å²) in [6.45, 7) is 6.70. The highest BCUT2D eigenvalue weighted by molar-refractivity contribution is 5.91. The second-order valence-electron chi connectivity index (χ2n) is 5.33. The van der Waals surface area contributed by atoms with Crippen molar-refractivity contribution < 1.29 is 4.79 Å². The summed E-state index contributed by atoms with van der Waals surface area (Å²) in [4.78, 5) is 14.2. The lowest BCUT2D eigenvalue weighted by Crippen LogP contribution is -2.39. The number of likely N-dealkylation sites (tertiary alicyclic amines) is 1. The number of rotatable bonds is 3. The number of aryl methyl sites for hydroxylation is 2. The zero-order chi connectivity index (χ0) is 13.1. The Balaban J connectivity index is 1.86. The first-order valence-corrected chi connectivity index (χ1v) is 6.57. The van der Waals surface area contributed by atoms with E-state index in [2.05, 4.69) is 22.2 Å². The monoisotopic (exact) mass is 250 g/mol. The largest absolute Gasteiger partial charge is 0.310 e. The lowest BCUT2D eigenvalue weighted by atomic mass is 10.0. The lowest BCUT2D eigenvalue weighted by Gasteiger charge is -2.30. The summed E-state index contributed by atoms with van der Waals surface area (Å²) in [5, 5.41) is 7.12. The van der Waals surface area contributed by atoms with Crippen LogP contribution in [-0.4, -0.2) is 40.2 Å². The first kappa shape index (κ1) is 13.1. The number of nitrogens with one attached hydrogen (secondary N) is 1. The Bertz CT molecular complexity index is 427. The van der Waals surface area contributed by atoms with E-state index in [0.717, 1.165) is 24.6 Å². The van der Waals surface area contributed by atoms with Gasteiger partial charge in [0.1, 0.15) is 5.82 Å². The fraction of sp³-hybridized carbons (Fsp3) is 0.692. The van der Waals surface area contributed by atoms with Crippen molar-refractivity contribution in [1.82, 2.24) is 14.7 Å². The third-order valence-corrected chi connectivity index (χ3v) is 3.38. The van der Waals surface area contributed by atoms with Crippen LogP contribution in [0.1, 0.15) is 25.5 Å². The fourth-order valence-corrected chi connectivity index (χ4v) is 2.54. The van der Waals surface area contributed by atoms with E-state index in [9.17, 15) is 4.79 Å². The van der Waals surface area contributed by atoms with E-state index in [0.29, 0.717) is 12.5 Å². The van der Waals surface area contributed by atoms with Gasteiger partial charge in [0.15, 0.2) is 0 Å². The molecule has 18 heavy (non-hydrogen) atoms. The van der Waals surface area contributed by atoms with Crippen LogP contribution in [0.3, 0.4) is 0 Å². The number of nitrogens with zero attached hydrogens (tertiary/aromatic N) is 3. The number of carbonyl (C=O) groups is 1. The summed E-state index contributed by atoms with van der Waals surface area (Å²) < 4.78 is 1.70. The number of anilines is 1. The highest BCUT2D eigenvalue weighted by Gasteiger charge is 2.18. The van der Waals surface area contributed by atoms with Gasteiger partial charge in [-0.2, -0.15) is 5.10 Å².